The fraction of sp³-hybridized carbons (Fsp3) is 0.143. The van der Waals surface area contributed by atoms with E-state index in [2.05, 4.69) is 25.9 Å². The molecule has 0 spiro atoms. The number of benzene rings is 1. The summed E-state index contributed by atoms with van der Waals surface area (Å²) in [5.41, 5.74) is 1.17. The summed E-state index contributed by atoms with van der Waals surface area (Å²) >= 11 is 4.74. The Morgan fingerprint density at radius 1 is 1.38 bits per heavy atom. The number of thiophene rings is 1. The lowest BCUT2D eigenvalue weighted by atomic mass is 10.2. The Bertz CT molecular complexity index is 844. The summed E-state index contributed by atoms with van der Waals surface area (Å²) in [6.45, 7) is -0.00106. The lowest BCUT2D eigenvalue weighted by Gasteiger charge is -2.11. The van der Waals surface area contributed by atoms with E-state index >= 15 is 0 Å². The first kappa shape index (κ1) is 14.2. The maximum Gasteiger partial charge on any atom is 0.268 e. The van der Waals surface area contributed by atoms with Crippen LogP contribution >= 0.6 is 27.3 Å². The van der Waals surface area contributed by atoms with Crippen LogP contribution < -0.4 is 10.3 Å². The van der Waals surface area contributed by atoms with Crippen molar-refractivity contribution in [3.63, 3.8) is 0 Å². The molecule has 0 bridgehead atoms. The third kappa shape index (κ3) is 2.85. The van der Waals surface area contributed by atoms with Crippen LogP contribution in [0.2, 0.25) is 0 Å². The van der Waals surface area contributed by atoms with Gasteiger partial charge in [-0.05, 0) is 33.4 Å². The van der Waals surface area contributed by atoms with E-state index in [-0.39, 0.29) is 18.8 Å². The first-order valence-electron chi connectivity index (χ1n) is 6.16. The maximum absolute atomic E-state index is 11.9. The maximum atomic E-state index is 11.9. The molecule has 2 aromatic heterocycles. The first-order chi connectivity index (χ1) is 10.2. The molecule has 0 radical (unpaired) electrons. The lowest BCUT2D eigenvalue weighted by molar-refractivity contribution is 0.254. The van der Waals surface area contributed by atoms with Gasteiger partial charge < -0.3 is 14.8 Å². The Labute approximate surface area is 132 Å². The number of nitrogens with zero attached hydrogens (tertiary/aromatic N) is 1. The summed E-state index contributed by atoms with van der Waals surface area (Å²) < 4.78 is 7.04. The van der Waals surface area contributed by atoms with Crippen molar-refractivity contribution >= 4 is 37.5 Å². The van der Waals surface area contributed by atoms with E-state index in [1.54, 1.807) is 12.1 Å². The molecule has 0 amide bonds. The third-order valence-corrected chi connectivity index (χ3v) is 4.46. The molecule has 0 fully saturated rings. The van der Waals surface area contributed by atoms with Crippen molar-refractivity contribution in [3.8, 4) is 5.75 Å². The lowest BCUT2D eigenvalue weighted by Crippen LogP contribution is -2.12. The van der Waals surface area contributed by atoms with Gasteiger partial charge in [-0.3, -0.25) is 4.79 Å². The highest BCUT2D eigenvalue weighted by Crippen LogP contribution is 2.29. The van der Waals surface area contributed by atoms with Crippen LogP contribution in [0.25, 0.3) is 10.2 Å². The molecule has 0 atom stereocenters. The highest BCUT2D eigenvalue weighted by atomic mass is 79.9. The molecule has 2 N–H and O–H groups in total. The number of hydrogen-bond donors (Lipinski definition) is 2. The van der Waals surface area contributed by atoms with E-state index in [9.17, 15) is 9.90 Å². The van der Waals surface area contributed by atoms with Gasteiger partial charge >= 0.3 is 0 Å². The predicted molar refractivity (Wildman–Crippen MR) is 84.6 cm³/mol. The highest BCUT2D eigenvalue weighted by molar-refractivity contribution is 9.10. The Morgan fingerprint density at radius 2 is 2.24 bits per heavy atom. The van der Waals surface area contributed by atoms with Crippen LogP contribution in [0, 0.1) is 0 Å². The van der Waals surface area contributed by atoms with Crippen LogP contribution in [0.4, 0.5) is 0 Å². The largest absolute Gasteiger partial charge is 0.484 e. The van der Waals surface area contributed by atoms with Gasteiger partial charge in [-0.25, -0.2) is 4.98 Å². The molecule has 3 rings (SSSR count). The summed E-state index contributed by atoms with van der Waals surface area (Å²) in [7, 11) is 0. The zero-order valence-corrected chi connectivity index (χ0v) is 13.2. The average molecular weight is 367 g/mol. The molecule has 3 aromatic rings. The van der Waals surface area contributed by atoms with E-state index in [1.165, 1.54) is 11.3 Å². The average Bonchev–Trinajstić information content (AvgIpc) is 2.94. The number of hydrogen-bond acceptors (Lipinski definition) is 5. The van der Waals surface area contributed by atoms with Crippen LogP contribution in [0.1, 0.15) is 11.4 Å². The molecular weight excluding hydrogens is 356 g/mol. The number of halogens is 1. The first-order valence-corrected chi connectivity index (χ1v) is 7.83. The standard InChI is InChI=1S/C14H11BrN2O3S/c15-9-3-1-2-8(6-18)12(9)20-7-11-16-10-4-5-21-13(10)14(19)17-11/h1-5,18H,6-7H2,(H,16,17,19). The summed E-state index contributed by atoms with van der Waals surface area (Å²) in [6.07, 6.45) is 0. The van der Waals surface area contributed by atoms with E-state index < -0.39 is 0 Å². The molecule has 1 aromatic carbocycles. The number of aliphatic hydroxyl groups is 1. The quantitative estimate of drug-likeness (QED) is 0.744. The second kappa shape index (κ2) is 5.97. The number of aromatic amines is 1. The Hall–Kier alpha value is -1.70. The van der Waals surface area contributed by atoms with E-state index in [4.69, 9.17) is 4.74 Å². The molecule has 2 heterocycles. The van der Waals surface area contributed by atoms with Crippen LogP contribution in [0.5, 0.6) is 5.75 Å². The number of fused-ring (bicyclic) bond motifs is 1. The third-order valence-electron chi connectivity index (χ3n) is 2.94. The predicted octanol–water partition coefficient (Wildman–Crippen LogP) is 2.82. The second-order valence-electron chi connectivity index (χ2n) is 4.32. The molecule has 0 saturated heterocycles. The molecule has 0 aliphatic heterocycles. The van der Waals surface area contributed by atoms with Crippen molar-refractivity contribution < 1.29 is 9.84 Å². The minimum absolute atomic E-state index is 0.122. The zero-order valence-electron chi connectivity index (χ0n) is 10.8. The second-order valence-corrected chi connectivity index (χ2v) is 6.09. The number of para-hydroxylation sites is 1. The van der Waals surface area contributed by atoms with Crippen molar-refractivity contribution in [1.29, 1.82) is 0 Å². The normalized spacial score (nSPS) is 11.0. The van der Waals surface area contributed by atoms with Crippen molar-refractivity contribution in [1.82, 2.24) is 9.97 Å². The van der Waals surface area contributed by atoms with E-state index in [0.29, 0.717) is 27.4 Å². The minimum Gasteiger partial charge on any atom is -0.484 e. The van der Waals surface area contributed by atoms with Crippen LogP contribution in [0.3, 0.4) is 0 Å². The van der Waals surface area contributed by atoms with Crippen LogP contribution in [-0.2, 0) is 13.2 Å². The fourth-order valence-corrected chi connectivity index (χ4v) is 3.22. The Morgan fingerprint density at radius 3 is 3.05 bits per heavy atom. The van der Waals surface area contributed by atoms with Crippen LogP contribution in [-0.4, -0.2) is 15.1 Å². The van der Waals surface area contributed by atoms with Gasteiger partial charge in [0.05, 0.1) is 16.6 Å². The van der Waals surface area contributed by atoms with Crippen molar-refractivity contribution in [2.75, 3.05) is 0 Å². The molecular formula is C14H11BrN2O3S. The van der Waals surface area contributed by atoms with Gasteiger partial charge in [0.25, 0.3) is 5.56 Å². The molecule has 7 heteroatoms. The molecule has 0 unspecified atom stereocenters. The number of nitrogens with one attached hydrogen (secondary N) is 1. The van der Waals surface area contributed by atoms with Gasteiger partial charge in [-0.2, -0.15) is 0 Å². The van der Waals surface area contributed by atoms with Gasteiger partial charge in [-0.1, -0.05) is 12.1 Å². The van der Waals surface area contributed by atoms with E-state index in [0.717, 1.165) is 4.47 Å². The summed E-state index contributed by atoms with van der Waals surface area (Å²) in [6, 6.07) is 7.22. The number of H-pyrrole nitrogens is 1. The highest BCUT2D eigenvalue weighted by Gasteiger charge is 2.10. The van der Waals surface area contributed by atoms with Gasteiger partial charge in [0.15, 0.2) is 0 Å². The summed E-state index contributed by atoms with van der Waals surface area (Å²) in [5, 5.41) is 11.2. The fourth-order valence-electron chi connectivity index (χ4n) is 1.97. The number of ether oxygens (including phenoxy) is 1. The smallest absolute Gasteiger partial charge is 0.268 e. The van der Waals surface area contributed by atoms with Crippen molar-refractivity contribution in [2.24, 2.45) is 0 Å². The number of rotatable bonds is 4. The zero-order chi connectivity index (χ0) is 14.8. The van der Waals surface area contributed by atoms with Gasteiger partial charge in [0.2, 0.25) is 0 Å². The topological polar surface area (TPSA) is 75.2 Å². The molecule has 0 aliphatic rings. The molecule has 5 nitrogen and oxygen atoms in total. The monoisotopic (exact) mass is 366 g/mol. The van der Waals surface area contributed by atoms with Gasteiger partial charge in [0, 0.05) is 5.56 Å². The van der Waals surface area contributed by atoms with Crippen molar-refractivity contribution in [2.45, 2.75) is 13.2 Å². The molecule has 0 saturated carbocycles. The van der Waals surface area contributed by atoms with Crippen molar-refractivity contribution in [3.05, 3.63) is 55.9 Å². The summed E-state index contributed by atoms with van der Waals surface area (Å²) in [4.78, 5) is 18.9. The minimum atomic E-state index is -0.164. The molecule has 0 aliphatic carbocycles. The Kier molecular flexibility index (Phi) is 4.05. The van der Waals surface area contributed by atoms with E-state index in [1.807, 2.05) is 17.5 Å². The SMILES string of the molecule is O=c1[nH]c(COc2c(Br)cccc2CO)nc2ccsc12. The van der Waals surface area contributed by atoms with Gasteiger partial charge in [0.1, 0.15) is 22.9 Å². The van der Waals surface area contributed by atoms with Gasteiger partial charge in [-0.15, -0.1) is 11.3 Å². The van der Waals surface area contributed by atoms with Crippen LogP contribution in [0.15, 0.2) is 38.9 Å². The summed E-state index contributed by atoms with van der Waals surface area (Å²) in [5.74, 6) is 0.999. The molecule has 108 valence electrons. The molecule has 21 heavy (non-hydrogen) atoms. The number of aliphatic hydroxyl groups excluding tert-OH is 1. The number of aromatic nitrogens is 2. The Balaban J connectivity index is 1.88.